The molecule has 0 saturated carbocycles. The third-order valence-corrected chi connectivity index (χ3v) is 12.3. The van der Waals surface area contributed by atoms with Gasteiger partial charge in [0.15, 0.2) is 0 Å². The summed E-state index contributed by atoms with van der Waals surface area (Å²) in [5.41, 5.74) is 17.6. The summed E-state index contributed by atoms with van der Waals surface area (Å²) in [7, 11) is 0. The van der Waals surface area contributed by atoms with Gasteiger partial charge < -0.3 is 4.90 Å². The Morgan fingerprint density at radius 1 is 0.414 bits per heavy atom. The zero-order valence-electron chi connectivity index (χ0n) is 33.1. The molecule has 0 fully saturated rings. The molecular weight excluding hydrogens is 707 g/mol. The van der Waals surface area contributed by atoms with Crippen LogP contribution in [0.15, 0.2) is 189 Å². The number of anilines is 3. The van der Waals surface area contributed by atoms with E-state index in [2.05, 4.69) is 239 Å². The van der Waals surface area contributed by atoms with Crippen LogP contribution in [0, 0.1) is 27.7 Å². The van der Waals surface area contributed by atoms with Crippen LogP contribution in [0.4, 0.5) is 17.1 Å². The normalized spacial score (nSPS) is 14.6. The van der Waals surface area contributed by atoms with E-state index in [1.54, 1.807) is 0 Å². The summed E-state index contributed by atoms with van der Waals surface area (Å²) in [6.07, 6.45) is 9.10. The van der Waals surface area contributed by atoms with Crippen LogP contribution in [0.2, 0.25) is 0 Å². The summed E-state index contributed by atoms with van der Waals surface area (Å²) in [5, 5.41) is 0. The minimum atomic E-state index is -0.587. The molecule has 11 rings (SSSR count). The highest BCUT2D eigenvalue weighted by atomic mass is 15.4. The van der Waals surface area contributed by atoms with Crippen molar-refractivity contribution < 1.29 is 9.13 Å². The van der Waals surface area contributed by atoms with Gasteiger partial charge in [-0.05, 0) is 134 Å². The molecule has 4 heterocycles. The van der Waals surface area contributed by atoms with Crippen molar-refractivity contribution in [2.75, 3.05) is 4.90 Å². The van der Waals surface area contributed by atoms with Gasteiger partial charge in [-0.25, -0.2) is 0 Å². The Labute approximate surface area is 339 Å². The molecule has 7 aromatic carbocycles. The number of rotatable bonds is 6. The molecule has 5 nitrogen and oxygen atoms in total. The molecule has 0 aliphatic carbocycles. The maximum absolute atomic E-state index is 2.51. The molecule has 0 saturated heterocycles. The predicted molar refractivity (Wildman–Crippen MR) is 233 cm³/mol. The Morgan fingerprint density at radius 2 is 0.862 bits per heavy atom. The van der Waals surface area contributed by atoms with Gasteiger partial charge in [0.05, 0.1) is 22.3 Å². The standard InChI is InChI=1S/C53H43N5/c1-36-17-15-18-37(2)49(36)54-29-31-56-51(54)45-25-11-13-27-47(45)53(56)48-28-14-12-26-46(48)52-55(30-32-57(52)53)50-38(3)33-41(34-39(50)4)40-19-16-24-44(35-40)58(42-20-7-5-8-21-42)43-22-9-6-10-23-43/h5-35H,1-4H3/q+2. The SMILES string of the molecule is Cc1cccc(C)c1-n1cc[n+]2c1-c1ccccc1C21c2ccccc2-c2n(-c3c(C)cc(-c4cccc(N(c5ccccc5)c5ccccc5)c4)cc3C)cc[n+]21. The van der Waals surface area contributed by atoms with E-state index in [0.29, 0.717) is 0 Å². The van der Waals surface area contributed by atoms with Crippen LogP contribution in [0.25, 0.3) is 45.3 Å². The van der Waals surface area contributed by atoms with Gasteiger partial charge in [0, 0.05) is 17.1 Å². The van der Waals surface area contributed by atoms with Gasteiger partial charge in [0.1, 0.15) is 36.2 Å². The van der Waals surface area contributed by atoms with Crippen LogP contribution in [-0.4, -0.2) is 9.13 Å². The maximum atomic E-state index is 2.51. The summed E-state index contributed by atoms with van der Waals surface area (Å²) in [5.74, 6) is 2.36. The fraction of sp³-hybridized carbons (Fsp3) is 0.0943. The lowest BCUT2D eigenvalue weighted by molar-refractivity contribution is -0.954. The second kappa shape index (κ2) is 12.9. The van der Waals surface area contributed by atoms with E-state index in [0.717, 1.165) is 17.1 Å². The highest BCUT2D eigenvalue weighted by Crippen LogP contribution is 2.48. The third-order valence-electron chi connectivity index (χ3n) is 12.3. The maximum Gasteiger partial charge on any atom is 0.308 e. The summed E-state index contributed by atoms with van der Waals surface area (Å²) in [4.78, 5) is 2.33. The minimum absolute atomic E-state index is 0.587. The summed E-state index contributed by atoms with van der Waals surface area (Å²) in [6.45, 7) is 8.94. The van der Waals surface area contributed by atoms with Crippen LogP contribution >= 0.6 is 0 Å². The van der Waals surface area contributed by atoms with Crippen LogP contribution in [-0.2, 0) is 5.66 Å². The lowest BCUT2D eigenvalue weighted by atomic mass is 9.90. The monoisotopic (exact) mass is 749 g/mol. The molecule has 1 unspecified atom stereocenters. The Hall–Kier alpha value is -7.24. The van der Waals surface area contributed by atoms with Crippen molar-refractivity contribution in [1.82, 2.24) is 9.13 Å². The number of imidazole rings is 2. The van der Waals surface area contributed by atoms with E-state index >= 15 is 0 Å². The van der Waals surface area contributed by atoms with Gasteiger partial charge >= 0.3 is 5.66 Å². The zero-order chi connectivity index (χ0) is 39.1. The van der Waals surface area contributed by atoms with Gasteiger partial charge in [-0.1, -0.05) is 91.0 Å². The number of fused-ring (bicyclic) bond motifs is 10. The predicted octanol–water partition coefficient (Wildman–Crippen LogP) is 11.5. The van der Waals surface area contributed by atoms with Crippen molar-refractivity contribution >= 4 is 17.1 Å². The molecule has 1 atom stereocenters. The first-order chi connectivity index (χ1) is 28.4. The van der Waals surface area contributed by atoms with E-state index in [-0.39, 0.29) is 0 Å². The van der Waals surface area contributed by atoms with Crippen LogP contribution in [0.3, 0.4) is 0 Å². The fourth-order valence-electron chi connectivity index (χ4n) is 10.0. The zero-order valence-corrected chi connectivity index (χ0v) is 33.1. The number of nitrogens with zero attached hydrogens (tertiary/aromatic N) is 5. The quantitative estimate of drug-likeness (QED) is 0.155. The first kappa shape index (κ1) is 34.0. The molecule has 9 aromatic rings. The number of aryl methyl sites for hydroxylation is 4. The highest BCUT2D eigenvalue weighted by Gasteiger charge is 2.63. The Morgan fingerprint density at radius 3 is 1.40 bits per heavy atom. The van der Waals surface area contributed by atoms with Gasteiger partial charge in [0.2, 0.25) is 0 Å². The largest absolute Gasteiger partial charge is 0.310 e. The van der Waals surface area contributed by atoms with E-state index < -0.39 is 5.66 Å². The first-order valence-corrected chi connectivity index (χ1v) is 20.1. The summed E-state index contributed by atoms with van der Waals surface area (Å²) >= 11 is 0. The van der Waals surface area contributed by atoms with Gasteiger partial charge in [-0.2, -0.15) is 18.3 Å². The molecule has 0 radical (unpaired) electrons. The van der Waals surface area contributed by atoms with Crippen molar-refractivity contribution in [3.8, 4) is 45.3 Å². The number of benzene rings is 7. The van der Waals surface area contributed by atoms with Crippen molar-refractivity contribution in [2.24, 2.45) is 0 Å². The Kier molecular flexibility index (Phi) is 7.57. The summed E-state index contributed by atoms with van der Waals surface area (Å²) < 4.78 is 9.85. The minimum Gasteiger partial charge on any atom is -0.310 e. The molecule has 0 amide bonds. The molecule has 2 aliphatic heterocycles. The average molecular weight is 750 g/mol. The molecule has 1 spiro atoms. The fourth-order valence-corrected chi connectivity index (χ4v) is 10.0. The molecule has 5 heteroatoms. The molecule has 2 aliphatic rings. The Bertz CT molecular complexity index is 2980. The lowest BCUT2D eigenvalue weighted by Crippen LogP contribution is -2.70. The van der Waals surface area contributed by atoms with Gasteiger partial charge in [-0.3, -0.25) is 0 Å². The summed E-state index contributed by atoms with van der Waals surface area (Å²) in [6, 6.07) is 59.4. The van der Waals surface area contributed by atoms with E-state index in [9.17, 15) is 0 Å². The topological polar surface area (TPSA) is 20.9 Å². The van der Waals surface area contributed by atoms with E-state index in [1.165, 1.54) is 78.7 Å². The van der Waals surface area contributed by atoms with Gasteiger partial charge in [-0.15, -0.1) is 0 Å². The Balaban J connectivity index is 1.06. The van der Waals surface area contributed by atoms with Crippen LogP contribution < -0.4 is 14.0 Å². The molecule has 0 bridgehead atoms. The molecular formula is C53H43N5+2. The number of hydrogen-bond donors (Lipinski definition) is 0. The van der Waals surface area contributed by atoms with Crippen molar-refractivity contribution in [3.05, 3.63) is 222 Å². The first-order valence-electron chi connectivity index (χ1n) is 20.1. The second-order valence-corrected chi connectivity index (χ2v) is 15.7. The van der Waals surface area contributed by atoms with Crippen LogP contribution in [0.5, 0.6) is 0 Å². The van der Waals surface area contributed by atoms with Crippen molar-refractivity contribution in [1.29, 1.82) is 0 Å². The van der Waals surface area contributed by atoms with Gasteiger partial charge in [0.25, 0.3) is 11.6 Å². The molecule has 0 N–H and O–H groups in total. The number of para-hydroxylation sites is 3. The third kappa shape index (κ3) is 4.77. The molecule has 2 aromatic heterocycles. The molecule has 58 heavy (non-hydrogen) atoms. The van der Waals surface area contributed by atoms with Crippen LogP contribution in [0.1, 0.15) is 33.4 Å². The average Bonchev–Trinajstić information content (AvgIpc) is 4.01. The number of aromatic nitrogens is 4. The highest BCUT2D eigenvalue weighted by molar-refractivity contribution is 5.81. The molecule has 278 valence electrons. The number of hydrogen-bond acceptors (Lipinski definition) is 1. The lowest BCUT2D eigenvalue weighted by Gasteiger charge is -2.26. The second-order valence-electron chi connectivity index (χ2n) is 15.7. The van der Waals surface area contributed by atoms with E-state index in [4.69, 9.17) is 0 Å². The van der Waals surface area contributed by atoms with Crippen molar-refractivity contribution in [2.45, 2.75) is 33.4 Å². The van der Waals surface area contributed by atoms with Crippen molar-refractivity contribution in [3.63, 3.8) is 0 Å². The van der Waals surface area contributed by atoms with E-state index in [1.807, 2.05) is 0 Å². The smallest absolute Gasteiger partial charge is 0.308 e.